The van der Waals surface area contributed by atoms with Gasteiger partial charge < -0.3 is 4.74 Å². The van der Waals surface area contributed by atoms with E-state index in [1.54, 1.807) is 19.9 Å². The average Bonchev–Trinajstić information content (AvgIpc) is 2.74. The zero-order valence-electron chi connectivity index (χ0n) is 22.0. The molecule has 0 fully saturated rings. The number of ether oxygens (including phenoxy) is 1. The van der Waals surface area contributed by atoms with Crippen molar-refractivity contribution < 1.29 is 28.4 Å². The molecule has 0 unspecified atom stereocenters. The van der Waals surface area contributed by atoms with Crippen LogP contribution in [-0.2, 0) is 13.8 Å². The first-order valence-electron chi connectivity index (χ1n) is 11.2. The van der Waals surface area contributed by atoms with Crippen molar-refractivity contribution in [1.29, 1.82) is 0 Å². The number of carbonyl (C=O) groups excluding carboxylic acids is 1. The molecule has 0 aliphatic carbocycles. The second-order valence-electron chi connectivity index (χ2n) is 10.9. The summed E-state index contributed by atoms with van der Waals surface area (Å²) in [6.07, 6.45) is 0. The van der Waals surface area contributed by atoms with Gasteiger partial charge in [-0.05, 0) is 30.2 Å². The maximum atomic E-state index is 12.9. The van der Waals surface area contributed by atoms with Crippen molar-refractivity contribution in [2.45, 2.75) is 55.4 Å². The third-order valence-electron chi connectivity index (χ3n) is 4.89. The van der Waals surface area contributed by atoms with Gasteiger partial charge in [0.05, 0.1) is 34.5 Å². The third-order valence-corrected chi connectivity index (χ3v) is 6.96. The van der Waals surface area contributed by atoms with Crippen LogP contribution in [0.5, 0.6) is 0 Å². The van der Waals surface area contributed by atoms with Crippen LogP contribution in [0, 0.1) is 34.8 Å². The first-order valence-corrected chi connectivity index (χ1v) is 12.8. The Morgan fingerprint density at radius 2 is 1.60 bits per heavy atom. The van der Waals surface area contributed by atoms with E-state index in [-0.39, 0.29) is 46.2 Å². The van der Waals surface area contributed by atoms with Crippen LogP contribution in [0.15, 0.2) is 24.3 Å². The molecule has 192 valence electrons. The quantitative estimate of drug-likeness (QED) is 0.213. The van der Waals surface area contributed by atoms with E-state index in [4.69, 9.17) is 13.8 Å². The average molecular weight is 508 g/mol. The predicted octanol–water partition coefficient (Wildman–Crippen LogP) is 5.57. The molecule has 1 heterocycles. The maximum absolute atomic E-state index is 12.9. The molecule has 1 N–H and O–H groups in total. The van der Waals surface area contributed by atoms with Gasteiger partial charge in [0.1, 0.15) is 13.2 Å². The Bertz CT molecular complexity index is 1090. The number of rotatable bonds is 8. The van der Waals surface area contributed by atoms with E-state index in [9.17, 15) is 19.8 Å². The summed E-state index contributed by atoms with van der Waals surface area (Å²) in [7, 11) is -2.59. The van der Waals surface area contributed by atoms with Crippen molar-refractivity contribution in [2.24, 2.45) is 10.8 Å². The Morgan fingerprint density at radius 1 is 1.06 bits per heavy atom. The second-order valence-corrected chi connectivity index (χ2v) is 12.9. The summed E-state index contributed by atoms with van der Waals surface area (Å²) in [5.41, 5.74) is 0.678. The smallest absolute Gasteiger partial charge is 0.448 e. The number of nitro groups is 1. The molecule has 2 rings (SSSR count). The lowest BCUT2D eigenvalue weighted by Gasteiger charge is -2.27. The van der Waals surface area contributed by atoms with Crippen LogP contribution in [0.25, 0.3) is 11.1 Å². The summed E-state index contributed by atoms with van der Waals surface area (Å²) < 4.78 is 17.3. The van der Waals surface area contributed by atoms with Crippen LogP contribution in [0.1, 0.15) is 63.3 Å². The zero-order valence-corrected chi connectivity index (χ0v) is 22.9. The highest BCUT2D eigenvalue weighted by Gasteiger charge is 2.51. The topological polar surface area (TPSA) is 121 Å². The van der Waals surface area contributed by atoms with Gasteiger partial charge in [0.25, 0.3) is 5.69 Å². The minimum absolute atomic E-state index is 0.0886. The van der Waals surface area contributed by atoms with Gasteiger partial charge in [0, 0.05) is 12.1 Å². The molecule has 0 aliphatic rings. The Morgan fingerprint density at radius 3 is 2.06 bits per heavy atom. The molecule has 35 heavy (non-hydrogen) atoms. The minimum Gasteiger partial charge on any atom is -0.465 e. The molecule has 9 nitrogen and oxygen atoms in total. The Kier molecular flexibility index (Phi) is 8.77. The van der Waals surface area contributed by atoms with Gasteiger partial charge in [-0.2, -0.15) is 13.9 Å². The van der Waals surface area contributed by atoms with Gasteiger partial charge in [0.15, 0.2) is 0 Å². The third kappa shape index (κ3) is 7.27. The van der Waals surface area contributed by atoms with E-state index < -0.39 is 18.8 Å². The Labute approximate surface area is 207 Å². The summed E-state index contributed by atoms with van der Waals surface area (Å²) in [6, 6.07) is 5.86. The van der Waals surface area contributed by atoms with E-state index in [0.717, 1.165) is 0 Å². The number of aryl methyl sites for hydroxylation is 2. The summed E-state index contributed by atoms with van der Waals surface area (Å²) in [4.78, 5) is 40.5. The standard InChI is InChI=1S/C25H36N2O7P/c1-16-20(23(28)32-9)21(18-11-10-12-19(13-18)27(29)30)22(17(2)26-16)35(31,33-14-24(3,4)5)34-15-25(6,7)8/h10-13,31H,14-15H2,1-9H3/q+1. The van der Waals surface area contributed by atoms with Crippen molar-refractivity contribution in [1.82, 2.24) is 4.98 Å². The van der Waals surface area contributed by atoms with Crippen LogP contribution in [0.2, 0.25) is 0 Å². The van der Waals surface area contributed by atoms with Gasteiger partial charge in [-0.25, -0.2) is 4.79 Å². The maximum Gasteiger partial charge on any atom is 0.448 e. The fourth-order valence-corrected chi connectivity index (χ4v) is 5.76. The van der Waals surface area contributed by atoms with E-state index in [1.807, 2.05) is 41.5 Å². The molecular formula is C25H36N2O7P+. The lowest BCUT2D eigenvalue weighted by atomic mass is 9.97. The van der Waals surface area contributed by atoms with Crippen molar-refractivity contribution in [3.05, 3.63) is 51.3 Å². The molecule has 0 radical (unpaired) electrons. The number of nitrogens with zero attached hydrogens (tertiary/aromatic N) is 2. The number of hydrogen-bond acceptors (Lipinski definition) is 8. The minimum atomic E-state index is -3.83. The number of carbonyl (C=O) groups is 1. The lowest BCUT2D eigenvalue weighted by Crippen LogP contribution is -2.30. The normalized spacial score (nSPS) is 12.5. The molecule has 0 atom stereocenters. The molecule has 1 aromatic carbocycles. The number of aromatic nitrogens is 1. The van der Waals surface area contributed by atoms with Gasteiger partial charge in [-0.1, -0.05) is 53.7 Å². The fraction of sp³-hybridized carbons (Fsp3) is 0.520. The van der Waals surface area contributed by atoms with Gasteiger partial charge in [-0.15, -0.1) is 0 Å². The van der Waals surface area contributed by atoms with Crippen molar-refractivity contribution in [3.8, 4) is 11.1 Å². The zero-order chi connectivity index (χ0) is 26.8. The van der Waals surface area contributed by atoms with E-state index in [2.05, 4.69) is 4.98 Å². The number of esters is 1. The molecule has 0 amide bonds. The number of hydrogen-bond donors (Lipinski definition) is 1. The molecule has 0 saturated carbocycles. The second kappa shape index (κ2) is 10.7. The molecular weight excluding hydrogens is 471 g/mol. The number of nitro benzene ring substituents is 1. The van der Waals surface area contributed by atoms with Gasteiger partial charge >= 0.3 is 13.9 Å². The molecule has 0 saturated heterocycles. The summed E-state index contributed by atoms with van der Waals surface area (Å²) in [5.74, 6) is -0.684. The first kappa shape index (κ1) is 28.8. The Balaban J connectivity index is 2.95. The highest BCUT2D eigenvalue weighted by atomic mass is 31.2. The molecule has 1 aromatic heterocycles. The number of benzene rings is 1. The SMILES string of the molecule is COC(=O)c1c(C)nc(C)c([P+](O)(OCC(C)(C)C)OCC(C)(C)C)c1-c1cccc([N+](=O)[O-])c1. The van der Waals surface area contributed by atoms with Crippen LogP contribution < -0.4 is 5.30 Å². The molecule has 0 aliphatic heterocycles. The highest BCUT2D eigenvalue weighted by Crippen LogP contribution is 2.60. The Hall–Kier alpha value is -2.45. The lowest BCUT2D eigenvalue weighted by molar-refractivity contribution is -0.384. The van der Waals surface area contributed by atoms with Crippen LogP contribution in [0.3, 0.4) is 0 Å². The number of pyridine rings is 1. The first-order chi connectivity index (χ1) is 16.0. The van der Waals surface area contributed by atoms with E-state index >= 15 is 0 Å². The molecule has 10 heteroatoms. The predicted molar refractivity (Wildman–Crippen MR) is 137 cm³/mol. The van der Waals surface area contributed by atoms with Crippen molar-refractivity contribution >= 4 is 24.9 Å². The monoisotopic (exact) mass is 507 g/mol. The van der Waals surface area contributed by atoms with Crippen molar-refractivity contribution in [2.75, 3.05) is 20.3 Å². The van der Waals surface area contributed by atoms with Crippen LogP contribution in [0.4, 0.5) is 5.69 Å². The fourth-order valence-electron chi connectivity index (χ4n) is 3.32. The molecule has 0 bridgehead atoms. The number of non-ortho nitro benzene ring substituents is 1. The van der Waals surface area contributed by atoms with Crippen LogP contribution >= 0.6 is 7.94 Å². The van der Waals surface area contributed by atoms with E-state index in [0.29, 0.717) is 17.0 Å². The van der Waals surface area contributed by atoms with Crippen molar-refractivity contribution in [3.63, 3.8) is 0 Å². The van der Waals surface area contributed by atoms with Crippen LogP contribution in [-0.4, -0.2) is 41.1 Å². The molecule has 2 aromatic rings. The van der Waals surface area contributed by atoms with Gasteiger partial charge in [0.2, 0.25) is 5.30 Å². The number of methoxy groups -OCH3 is 1. The highest BCUT2D eigenvalue weighted by molar-refractivity contribution is 7.69. The largest absolute Gasteiger partial charge is 0.465 e. The van der Waals surface area contributed by atoms with Gasteiger partial charge in [-0.3, -0.25) is 15.1 Å². The van der Waals surface area contributed by atoms with E-state index in [1.165, 1.54) is 25.3 Å². The molecule has 0 spiro atoms. The summed E-state index contributed by atoms with van der Waals surface area (Å²) >= 11 is 0. The summed E-state index contributed by atoms with van der Waals surface area (Å²) in [5, 5.41) is 11.7. The summed E-state index contributed by atoms with van der Waals surface area (Å²) in [6.45, 7) is 15.4.